The van der Waals surface area contributed by atoms with Gasteiger partial charge in [0, 0.05) is 12.7 Å². The minimum atomic E-state index is -0.208. The molecular weight excluding hydrogens is 306 g/mol. The molecule has 1 aromatic heterocycles. The molecule has 6 nitrogen and oxygen atoms in total. The summed E-state index contributed by atoms with van der Waals surface area (Å²) in [7, 11) is 4.79. The molecule has 0 atom stereocenters. The van der Waals surface area contributed by atoms with Crippen LogP contribution in [-0.2, 0) is 0 Å². The Labute approximate surface area is 140 Å². The van der Waals surface area contributed by atoms with E-state index >= 15 is 0 Å². The van der Waals surface area contributed by atoms with Crippen molar-refractivity contribution in [2.24, 2.45) is 0 Å². The second kappa shape index (κ2) is 6.23. The summed E-state index contributed by atoms with van der Waals surface area (Å²) in [6, 6.07) is 10.9. The number of carbonyl (C=O) groups excluding carboxylic acids is 1. The van der Waals surface area contributed by atoms with E-state index in [2.05, 4.69) is 9.97 Å². The highest BCUT2D eigenvalue weighted by atomic mass is 16.5. The number of nitrogens with one attached hydrogen (secondary N) is 1. The maximum atomic E-state index is 13.0. The molecule has 0 bridgehead atoms. The van der Waals surface area contributed by atoms with E-state index in [9.17, 15) is 4.79 Å². The van der Waals surface area contributed by atoms with Crippen LogP contribution in [0, 0.1) is 6.92 Å². The van der Waals surface area contributed by atoms with Gasteiger partial charge in [0.05, 0.1) is 25.3 Å². The van der Waals surface area contributed by atoms with E-state index in [0.29, 0.717) is 17.1 Å². The first-order chi connectivity index (χ1) is 11.5. The van der Waals surface area contributed by atoms with E-state index in [1.54, 1.807) is 30.1 Å². The van der Waals surface area contributed by atoms with Gasteiger partial charge in [-0.15, -0.1) is 0 Å². The molecule has 3 aromatic rings. The number of aromatic amines is 1. The summed E-state index contributed by atoms with van der Waals surface area (Å²) in [5, 5.41) is 0. The summed E-state index contributed by atoms with van der Waals surface area (Å²) < 4.78 is 10.6. The smallest absolute Gasteiger partial charge is 0.265 e. The van der Waals surface area contributed by atoms with Gasteiger partial charge in [-0.1, -0.05) is 6.07 Å². The Hall–Kier alpha value is -3.02. The number of H-pyrrole nitrogens is 1. The predicted octanol–water partition coefficient (Wildman–Crippen LogP) is 3.17. The molecule has 0 radical (unpaired) electrons. The van der Waals surface area contributed by atoms with Crippen molar-refractivity contribution in [3.63, 3.8) is 0 Å². The summed E-state index contributed by atoms with van der Waals surface area (Å²) in [4.78, 5) is 22.1. The Morgan fingerprint density at radius 1 is 1.12 bits per heavy atom. The molecule has 0 saturated carbocycles. The van der Waals surface area contributed by atoms with Crippen LogP contribution < -0.4 is 14.4 Å². The van der Waals surface area contributed by atoms with Crippen LogP contribution in [0.25, 0.3) is 11.0 Å². The third-order valence-electron chi connectivity index (χ3n) is 3.92. The highest BCUT2D eigenvalue weighted by molar-refractivity contribution is 6.10. The minimum Gasteiger partial charge on any atom is -0.496 e. The van der Waals surface area contributed by atoms with Crippen molar-refractivity contribution in [3.05, 3.63) is 47.8 Å². The molecule has 0 aliphatic rings. The topological polar surface area (TPSA) is 67.5 Å². The van der Waals surface area contributed by atoms with Crippen LogP contribution >= 0.6 is 0 Å². The number of aromatic nitrogens is 2. The fourth-order valence-corrected chi connectivity index (χ4v) is 2.68. The molecule has 24 heavy (non-hydrogen) atoms. The normalized spacial score (nSPS) is 10.7. The second-order valence-corrected chi connectivity index (χ2v) is 5.43. The lowest BCUT2D eigenvalue weighted by Crippen LogP contribution is -2.27. The van der Waals surface area contributed by atoms with Crippen LogP contribution in [0.2, 0.25) is 0 Å². The first-order valence-corrected chi connectivity index (χ1v) is 7.50. The van der Waals surface area contributed by atoms with Gasteiger partial charge in [-0.05, 0) is 37.3 Å². The SMILES string of the molecule is COc1cccc(OC)c1C(=O)N(C)c1ccc2nc(C)[nH]c2c1. The zero-order valence-electron chi connectivity index (χ0n) is 14.1. The number of benzene rings is 2. The summed E-state index contributed by atoms with van der Waals surface area (Å²) in [5.74, 6) is 1.58. The van der Waals surface area contributed by atoms with E-state index in [1.807, 2.05) is 25.1 Å². The molecule has 0 fully saturated rings. The lowest BCUT2D eigenvalue weighted by atomic mass is 10.1. The molecule has 0 aliphatic carbocycles. The van der Waals surface area contributed by atoms with Crippen molar-refractivity contribution >= 4 is 22.6 Å². The number of anilines is 1. The number of carbonyl (C=O) groups is 1. The lowest BCUT2D eigenvalue weighted by molar-refractivity contribution is 0.0987. The van der Waals surface area contributed by atoms with Crippen molar-refractivity contribution in [1.82, 2.24) is 9.97 Å². The Balaban J connectivity index is 2.02. The number of imidazole rings is 1. The maximum Gasteiger partial charge on any atom is 0.265 e. The van der Waals surface area contributed by atoms with Gasteiger partial charge in [0.25, 0.3) is 5.91 Å². The van der Waals surface area contributed by atoms with Gasteiger partial charge >= 0.3 is 0 Å². The first-order valence-electron chi connectivity index (χ1n) is 7.50. The monoisotopic (exact) mass is 325 g/mol. The highest BCUT2D eigenvalue weighted by Crippen LogP contribution is 2.31. The fourth-order valence-electron chi connectivity index (χ4n) is 2.68. The van der Waals surface area contributed by atoms with Gasteiger partial charge in [0.1, 0.15) is 22.9 Å². The third kappa shape index (κ3) is 2.67. The molecule has 3 rings (SSSR count). The number of methoxy groups -OCH3 is 2. The molecule has 124 valence electrons. The summed E-state index contributed by atoms with van der Waals surface area (Å²) in [6.07, 6.45) is 0. The molecule has 1 N–H and O–H groups in total. The van der Waals surface area contributed by atoms with E-state index in [0.717, 1.165) is 22.5 Å². The van der Waals surface area contributed by atoms with Crippen molar-refractivity contribution in [1.29, 1.82) is 0 Å². The number of hydrogen-bond acceptors (Lipinski definition) is 4. The van der Waals surface area contributed by atoms with Crippen LogP contribution in [-0.4, -0.2) is 37.1 Å². The largest absolute Gasteiger partial charge is 0.496 e. The van der Waals surface area contributed by atoms with Gasteiger partial charge in [0.2, 0.25) is 0 Å². The Morgan fingerprint density at radius 3 is 2.42 bits per heavy atom. The zero-order chi connectivity index (χ0) is 17.3. The first kappa shape index (κ1) is 15.9. The van der Waals surface area contributed by atoms with E-state index in [4.69, 9.17) is 9.47 Å². The van der Waals surface area contributed by atoms with Gasteiger partial charge < -0.3 is 19.4 Å². The van der Waals surface area contributed by atoms with Crippen LogP contribution in [0.4, 0.5) is 5.69 Å². The molecule has 1 heterocycles. The van der Waals surface area contributed by atoms with Crippen molar-refractivity contribution in [2.75, 3.05) is 26.2 Å². The Morgan fingerprint density at radius 2 is 1.79 bits per heavy atom. The van der Waals surface area contributed by atoms with Crippen molar-refractivity contribution in [2.45, 2.75) is 6.92 Å². The van der Waals surface area contributed by atoms with Gasteiger partial charge in [-0.2, -0.15) is 0 Å². The number of ether oxygens (including phenoxy) is 2. The number of nitrogens with zero attached hydrogens (tertiary/aromatic N) is 2. The molecular formula is C18H19N3O3. The van der Waals surface area contributed by atoms with Crippen molar-refractivity contribution < 1.29 is 14.3 Å². The van der Waals surface area contributed by atoms with E-state index in [1.165, 1.54) is 14.2 Å². The molecule has 2 aromatic carbocycles. The number of rotatable bonds is 4. The van der Waals surface area contributed by atoms with Crippen molar-refractivity contribution in [3.8, 4) is 11.5 Å². The summed E-state index contributed by atoms with van der Waals surface area (Å²) >= 11 is 0. The lowest BCUT2D eigenvalue weighted by Gasteiger charge is -2.20. The molecule has 6 heteroatoms. The standard InChI is InChI=1S/C18H19N3O3/c1-11-19-13-9-8-12(10-14(13)20-11)21(2)18(22)17-15(23-3)6-5-7-16(17)24-4/h5-10H,1-4H3,(H,19,20). The van der Waals surface area contributed by atoms with Crippen LogP contribution in [0.15, 0.2) is 36.4 Å². The Bertz CT molecular complexity index is 879. The summed E-state index contributed by atoms with van der Waals surface area (Å²) in [5.41, 5.74) is 2.90. The average molecular weight is 325 g/mol. The fraction of sp³-hybridized carbons (Fsp3) is 0.222. The molecule has 0 unspecified atom stereocenters. The zero-order valence-corrected chi connectivity index (χ0v) is 14.1. The maximum absolute atomic E-state index is 13.0. The third-order valence-corrected chi connectivity index (χ3v) is 3.92. The van der Waals surface area contributed by atoms with Gasteiger partial charge in [-0.25, -0.2) is 4.98 Å². The van der Waals surface area contributed by atoms with Crippen LogP contribution in [0.1, 0.15) is 16.2 Å². The Kier molecular flexibility index (Phi) is 4.12. The van der Waals surface area contributed by atoms with Gasteiger partial charge in [-0.3, -0.25) is 4.79 Å². The second-order valence-electron chi connectivity index (χ2n) is 5.43. The number of amides is 1. The highest BCUT2D eigenvalue weighted by Gasteiger charge is 2.22. The predicted molar refractivity (Wildman–Crippen MR) is 93.1 cm³/mol. The molecule has 1 amide bonds. The quantitative estimate of drug-likeness (QED) is 0.800. The van der Waals surface area contributed by atoms with E-state index < -0.39 is 0 Å². The number of aryl methyl sites for hydroxylation is 1. The summed E-state index contributed by atoms with van der Waals surface area (Å²) in [6.45, 7) is 1.90. The average Bonchev–Trinajstić information content (AvgIpc) is 2.98. The molecule has 0 aliphatic heterocycles. The molecule has 0 spiro atoms. The minimum absolute atomic E-state index is 0.208. The number of hydrogen-bond donors (Lipinski definition) is 1. The van der Waals surface area contributed by atoms with Crippen LogP contribution in [0.3, 0.4) is 0 Å². The van der Waals surface area contributed by atoms with Gasteiger partial charge in [0.15, 0.2) is 0 Å². The van der Waals surface area contributed by atoms with E-state index in [-0.39, 0.29) is 5.91 Å². The van der Waals surface area contributed by atoms with Crippen LogP contribution in [0.5, 0.6) is 11.5 Å². The molecule has 0 saturated heterocycles. The number of fused-ring (bicyclic) bond motifs is 1.